The highest BCUT2D eigenvalue weighted by molar-refractivity contribution is 6.07. The SMILES string of the molecule is CN(C)c1ccc(C=CC(=O)c2cc3ccc(N(C)C)cc3oc2=O)cc1. The molecule has 0 radical (unpaired) electrons. The van der Waals surface area contributed by atoms with Gasteiger partial charge in [-0.1, -0.05) is 18.2 Å². The molecular weight excluding hydrogens is 340 g/mol. The smallest absolute Gasteiger partial charge is 0.347 e. The summed E-state index contributed by atoms with van der Waals surface area (Å²) in [6.07, 6.45) is 3.09. The first-order valence-electron chi connectivity index (χ1n) is 8.60. The molecule has 5 nitrogen and oxygen atoms in total. The maximum absolute atomic E-state index is 12.5. The van der Waals surface area contributed by atoms with Crippen molar-refractivity contribution in [3.63, 3.8) is 0 Å². The highest BCUT2D eigenvalue weighted by Crippen LogP contribution is 2.21. The van der Waals surface area contributed by atoms with E-state index < -0.39 is 5.63 Å². The zero-order valence-electron chi connectivity index (χ0n) is 15.9. The number of ketones is 1. The molecular formula is C22H22N2O3. The molecule has 0 unspecified atom stereocenters. The van der Waals surface area contributed by atoms with Crippen molar-refractivity contribution in [1.82, 2.24) is 0 Å². The molecule has 5 heteroatoms. The third-order valence-electron chi connectivity index (χ3n) is 4.34. The number of carbonyl (C=O) groups excluding carboxylic acids is 1. The van der Waals surface area contributed by atoms with E-state index in [4.69, 9.17) is 4.42 Å². The number of benzene rings is 2. The van der Waals surface area contributed by atoms with Crippen LogP contribution in [0.2, 0.25) is 0 Å². The fourth-order valence-corrected chi connectivity index (χ4v) is 2.70. The first-order chi connectivity index (χ1) is 12.8. The summed E-state index contributed by atoms with van der Waals surface area (Å²) < 4.78 is 5.36. The molecule has 0 aliphatic rings. The van der Waals surface area contributed by atoms with Crippen LogP contribution in [-0.4, -0.2) is 34.0 Å². The van der Waals surface area contributed by atoms with E-state index in [9.17, 15) is 9.59 Å². The first kappa shape index (κ1) is 18.5. The second-order valence-corrected chi connectivity index (χ2v) is 6.75. The second-order valence-electron chi connectivity index (χ2n) is 6.75. The Kier molecular flexibility index (Phi) is 5.12. The fraction of sp³-hybridized carbons (Fsp3) is 0.182. The number of anilines is 2. The van der Waals surface area contributed by atoms with Gasteiger partial charge in [0.25, 0.3) is 0 Å². The Morgan fingerprint density at radius 2 is 1.52 bits per heavy atom. The third kappa shape index (κ3) is 4.08. The van der Waals surface area contributed by atoms with Crippen molar-refractivity contribution in [3.05, 3.63) is 76.2 Å². The predicted molar refractivity (Wildman–Crippen MR) is 111 cm³/mol. The van der Waals surface area contributed by atoms with Gasteiger partial charge in [0.1, 0.15) is 11.1 Å². The molecule has 138 valence electrons. The molecule has 3 aromatic rings. The van der Waals surface area contributed by atoms with Crippen LogP contribution in [0.25, 0.3) is 17.0 Å². The van der Waals surface area contributed by atoms with E-state index >= 15 is 0 Å². The monoisotopic (exact) mass is 362 g/mol. The van der Waals surface area contributed by atoms with Crippen LogP contribution in [0.4, 0.5) is 11.4 Å². The van der Waals surface area contributed by atoms with Crippen molar-refractivity contribution < 1.29 is 9.21 Å². The molecule has 0 amide bonds. The summed E-state index contributed by atoms with van der Waals surface area (Å²) in [6.45, 7) is 0. The van der Waals surface area contributed by atoms with Crippen LogP contribution >= 0.6 is 0 Å². The Morgan fingerprint density at radius 3 is 2.15 bits per heavy atom. The summed E-state index contributed by atoms with van der Waals surface area (Å²) in [4.78, 5) is 28.6. The van der Waals surface area contributed by atoms with Crippen molar-refractivity contribution in [2.75, 3.05) is 38.0 Å². The summed E-state index contributed by atoms with van der Waals surface area (Å²) in [5, 5.41) is 0.715. The van der Waals surface area contributed by atoms with Crippen molar-refractivity contribution >= 4 is 34.2 Å². The average Bonchev–Trinajstić information content (AvgIpc) is 2.65. The van der Waals surface area contributed by atoms with Gasteiger partial charge < -0.3 is 14.2 Å². The lowest BCUT2D eigenvalue weighted by Gasteiger charge is -2.12. The van der Waals surface area contributed by atoms with Crippen molar-refractivity contribution in [3.8, 4) is 0 Å². The van der Waals surface area contributed by atoms with Gasteiger partial charge >= 0.3 is 5.63 Å². The summed E-state index contributed by atoms with van der Waals surface area (Å²) in [5.41, 5.74) is 2.74. The Hall–Kier alpha value is -3.34. The molecule has 3 rings (SSSR count). The number of fused-ring (bicyclic) bond motifs is 1. The second kappa shape index (κ2) is 7.50. The van der Waals surface area contributed by atoms with Crippen LogP contribution in [0, 0.1) is 0 Å². The highest BCUT2D eigenvalue weighted by atomic mass is 16.4. The molecule has 0 aliphatic carbocycles. The van der Waals surface area contributed by atoms with Crippen LogP contribution in [0.5, 0.6) is 0 Å². The van der Waals surface area contributed by atoms with E-state index in [0.717, 1.165) is 16.9 Å². The number of allylic oxidation sites excluding steroid dienone is 1. The summed E-state index contributed by atoms with van der Waals surface area (Å²) in [6, 6.07) is 14.9. The highest BCUT2D eigenvalue weighted by Gasteiger charge is 2.12. The molecule has 2 aromatic carbocycles. The predicted octanol–water partition coefficient (Wildman–Crippen LogP) is 3.82. The minimum Gasteiger partial charge on any atom is -0.422 e. The van der Waals surface area contributed by atoms with Crippen LogP contribution in [0.1, 0.15) is 15.9 Å². The lowest BCUT2D eigenvalue weighted by atomic mass is 10.1. The van der Waals surface area contributed by atoms with Gasteiger partial charge in [0.15, 0.2) is 5.78 Å². The molecule has 27 heavy (non-hydrogen) atoms. The molecule has 0 spiro atoms. The largest absolute Gasteiger partial charge is 0.422 e. The Labute approximate surface area is 158 Å². The van der Waals surface area contributed by atoms with Crippen LogP contribution in [0.3, 0.4) is 0 Å². The van der Waals surface area contributed by atoms with Gasteiger partial charge in [0.05, 0.1) is 0 Å². The van der Waals surface area contributed by atoms with Gasteiger partial charge in [-0.15, -0.1) is 0 Å². The molecule has 0 saturated carbocycles. The molecule has 0 aliphatic heterocycles. The van der Waals surface area contributed by atoms with E-state index in [1.165, 1.54) is 6.08 Å². The van der Waals surface area contributed by atoms with Gasteiger partial charge in [-0.3, -0.25) is 4.79 Å². The lowest BCUT2D eigenvalue weighted by molar-refractivity contribution is 0.104. The van der Waals surface area contributed by atoms with Gasteiger partial charge in [0.2, 0.25) is 0 Å². The first-order valence-corrected chi connectivity index (χ1v) is 8.60. The zero-order valence-corrected chi connectivity index (χ0v) is 15.9. The van der Waals surface area contributed by atoms with E-state index in [-0.39, 0.29) is 11.3 Å². The molecule has 0 bridgehead atoms. The van der Waals surface area contributed by atoms with Gasteiger partial charge in [-0.25, -0.2) is 4.79 Å². The minimum absolute atomic E-state index is 0.0289. The lowest BCUT2D eigenvalue weighted by Crippen LogP contribution is -2.12. The van der Waals surface area contributed by atoms with Gasteiger partial charge in [-0.2, -0.15) is 0 Å². The van der Waals surface area contributed by atoms with Gasteiger partial charge in [0, 0.05) is 51.0 Å². The Balaban J connectivity index is 1.87. The minimum atomic E-state index is -0.629. The van der Waals surface area contributed by atoms with Crippen molar-refractivity contribution in [1.29, 1.82) is 0 Å². The summed E-state index contributed by atoms with van der Waals surface area (Å²) in [5.74, 6) is -0.376. The molecule has 0 N–H and O–H groups in total. The average molecular weight is 362 g/mol. The van der Waals surface area contributed by atoms with Crippen LogP contribution in [0.15, 0.2) is 63.8 Å². The normalized spacial score (nSPS) is 11.1. The number of carbonyl (C=O) groups is 1. The molecule has 0 atom stereocenters. The molecule has 0 fully saturated rings. The van der Waals surface area contributed by atoms with E-state index in [1.54, 1.807) is 18.2 Å². The maximum Gasteiger partial charge on any atom is 0.347 e. The number of rotatable bonds is 5. The molecule has 1 heterocycles. The molecule has 0 saturated heterocycles. The van der Waals surface area contributed by atoms with E-state index in [1.807, 2.05) is 74.4 Å². The fourth-order valence-electron chi connectivity index (χ4n) is 2.70. The quantitative estimate of drug-likeness (QED) is 0.392. The Bertz CT molecular complexity index is 1060. The third-order valence-corrected chi connectivity index (χ3v) is 4.34. The van der Waals surface area contributed by atoms with E-state index in [0.29, 0.717) is 11.0 Å². The Morgan fingerprint density at radius 1 is 0.889 bits per heavy atom. The topological polar surface area (TPSA) is 53.8 Å². The van der Waals surface area contributed by atoms with Crippen molar-refractivity contribution in [2.45, 2.75) is 0 Å². The number of hydrogen-bond donors (Lipinski definition) is 0. The molecule has 1 aromatic heterocycles. The van der Waals surface area contributed by atoms with Gasteiger partial charge in [-0.05, 0) is 42.0 Å². The maximum atomic E-state index is 12.5. The van der Waals surface area contributed by atoms with E-state index in [2.05, 4.69) is 0 Å². The zero-order chi connectivity index (χ0) is 19.6. The number of nitrogens with zero attached hydrogens (tertiary/aromatic N) is 2. The summed E-state index contributed by atoms with van der Waals surface area (Å²) in [7, 11) is 7.75. The number of hydrogen-bond acceptors (Lipinski definition) is 5. The van der Waals surface area contributed by atoms with Crippen LogP contribution in [-0.2, 0) is 0 Å². The standard InChI is InChI=1S/C22H22N2O3/c1-23(2)17-9-5-15(6-10-17)7-12-20(25)19-13-16-8-11-18(24(3)4)14-21(16)27-22(19)26/h5-14H,1-4H3. The summed E-state index contributed by atoms with van der Waals surface area (Å²) >= 11 is 0. The van der Waals surface area contributed by atoms with Crippen molar-refractivity contribution in [2.24, 2.45) is 0 Å². The van der Waals surface area contributed by atoms with Crippen LogP contribution < -0.4 is 15.4 Å².